The number of carbonyl (C=O) groups is 10. The first-order valence-corrected chi connectivity index (χ1v) is 23.4. The van der Waals surface area contributed by atoms with E-state index in [1.165, 1.54) is 55.5 Å². The summed E-state index contributed by atoms with van der Waals surface area (Å²) in [7, 11) is 0.847. The van der Waals surface area contributed by atoms with Crippen molar-refractivity contribution in [2.45, 2.75) is 132 Å². The maximum atomic E-state index is 14.8. The quantitative estimate of drug-likeness (QED) is 0.0595. The Morgan fingerprint density at radius 1 is 0.716 bits per heavy atom. The van der Waals surface area contributed by atoms with Crippen molar-refractivity contribution in [2.24, 2.45) is 0 Å². The zero-order valence-electron chi connectivity index (χ0n) is 40.7. The van der Waals surface area contributed by atoms with Crippen LogP contribution in [0.15, 0.2) is 60.7 Å². The average Bonchev–Trinajstić information content (AvgIpc) is 3.32. The van der Waals surface area contributed by atoms with Crippen molar-refractivity contribution in [2.75, 3.05) is 20.3 Å². The molecular weight excluding hydrogens is 1050 g/mol. The molecule has 27 heteroatoms. The van der Waals surface area contributed by atoms with Crippen LogP contribution in [-0.2, 0) is 95.2 Å². The van der Waals surface area contributed by atoms with Gasteiger partial charge in [-0.05, 0) is 31.2 Å². The van der Waals surface area contributed by atoms with E-state index in [-0.39, 0.29) is 23.3 Å². The van der Waals surface area contributed by atoms with Crippen LogP contribution in [0.4, 0.5) is 0 Å². The van der Waals surface area contributed by atoms with Gasteiger partial charge in [0.25, 0.3) is 9.58 Å². The monoisotopic (exact) mass is 1100 g/mol. The molecule has 2 aromatic carbocycles. The first-order chi connectivity index (χ1) is 34.7. The number of ether oxygens (including phenoxy) is 12. The van der Waals surface area contributed by atoms with E-state index in [9.17, 15) is 47.9 Å². The van der Waals surface area contributed by atoms with Crippen LogP contribution >= 0.6 is 34.8 Å². The third-order valence-electron chi connectivity index (χ3n) is 10.5. The summed E-state index contributed by atoms with van der Waals surface area (Å²) < 4.78 is 67.2. The largest absolute Gasteiger partial charge is 0.465 e. The van der Waals surface area contributed by atoms with Crippen molar-refractivity contribution in [1.82, 2.24) is 5.32 Å². The van der Waals surface area contributed by atoms with Crippen LogP contribution in [0.25, 0.3) is 0 Å². The fourth-order valence-corrected chi connectivity index (χ4v) is 7.62. The molecule has 2 aliphatic rings. The molecule has 2 N–H and O–H groups in total. The average molecular weight is 1100 g/mol. The summed E-state index contributed by atoms with van der Waals surface area (Å²) in [5.41, 5.74) is -0.255. The molecule has 1 unspecified atom stereocenters. The Balaban J connectivity index is 2.12. The molecule has 2 saturated heterocycles. The molecule has 1 amide bonds. The summed E-state index contributed by atoms with van der Waals surface area (Å²) in [6, 6.07) is 12.6. The van der Waals surface area contributed by atoms with Gasteiger partial charge in [0.2, 0.25) is 18.1 Å². The zero-order chi connectivity index (χ0) is 55.1. The minimum atomic E-state index is -3.15. The molecule has 0 spiro atoms. The highest BCUT2D eigenvalue weighted by molar-refractivity contribution is 6.76. The SMILES string of the molecule is COC(=O)[C@@]1(O[C@H]2[C@@H](OC(=O)c3ccccc3)[C@@H](COC(=O)CCC(C)=O)OC(OC(=N)C(Cl)(Cl)Cl)[C@@H]2OC(=O)c2ccccc2)C[C@H](OC(C)=O)[C@@H](NC(C)=O)[C@H]([C@H](OC(C)=O)[C@@H](COC(C)=O)OC(C)=O)O1. The molecule has 404 valence electrons. The topological polar surface area (TPSA) is 317 Å². The van der Waals surface area contributed by atoms with Crippen molar-refractivity contribution in [3.8, 4) is 0 Å². The van der Waals surface area contributed by atoms with Crippen LogP contribution in [-0.4, -0.2) is 156 Å². The number of halogens is 3. The number of rotatable bonds is 21. The van der Waals surface area contributed by atoms with Gasteiger partial charge >= 0.3 is 47.8 Å². The summed E-state index contributed by atoms with van der Waals surface area (Å²) >= 11 is 18.2. The standard InChI is InChI=1S/C47H53Cl3N2O22/c1-23(53)18-19-34(59)65-22-33-37(70-41(60)29-14-10-8-11-15-29)39(40(43(69-33)72-44(51)47(48,49)50)71-42(61)30-16-12-9-13-17-30)74-46(45(62)63-7)20-31(66-26(4)56)35(52-24(2)54)38(73-46)36(68-28(6)58)32(67-27(5)57)21-64-25(3)55/h8-17,31-33,35-40,43,51H,18-22H2,1-7H3,(H,52,54)/t31-,32+,33+,35+,36+,37-,38+,39-,40+,43?,46-/m0/s1. The van der Waals surface area contributed by atoms with E-state index in [0.29, 0.717) is 0 Å². The Kier molecular flexibility index (Phi) is 22.1. The lowest BCUT2D eigenvalue weighted by Crippen LogP contribution is -2.72. The Morgan fingerprint density at radius 2 is 1.28 bits per heavy atom. The number of Topliss-reactive ketones (excluding diaryl/α,β-unsaturated/α-hetero) is 1. The second-order valence-electron chi connectivity index (χ2n) is 16.4. The van der Waals surface area contributed by atoms with Crippen molar-refractivity contribution < 1.29 is 105 Å². The first kappa shape index (κ1) is 60.1. The summed E-state index contributed by atoms with van der Waals surface area (Å²) in [6.45, 7) is 4.27. The summed E-state index contributed by atoms with van der Waals surface area (Å²) in [6.07, 6.45) is -20.3. The normalized spacial score (nSPS) is 24.2. The third kappa shape index (κ3) is 17.3. The van der Waals surface area contributed by atoms with Gasteiger partial charge in [-0.3, -0.25) is 34.2 Å². The van der Waals surface area contributed by atoms with Gasteiger partial charge in [-0.25, -0.2) is 14.4 Å². The second kappa shape index (κ2) is 27.2. The van der Waals surface area contributed by atoms with Crippen LogP contribution in [0, 0.1) is 5.41 Å². The van der Waals surface area contributed by atoms with E-state index in [1.54, 1.807) is 12.1 Å². The Hall–Kier alpha value is -6.44. The molecule has 0 aliphatic carbocycles. The summed E-state index contributed by atoms with van der Waals surface area (Å²) in [5.74, 6) is -14.5. The molecule has 2 heterocycles. The Bertz CT molecular complexity index is 2390. The van der Waals surface area contributed by atoms with Gasteiger partial charge in [0.1, 0.15) is 43.4 Å². The van der Waals surface area contributed by atoms with Crippen LogP contribution < -0.4 is 5.32 Å². The van der Waals surface area contributed by atoms with Crippen molar-refractivity contribution in [3.05, 3.63) is 71.8 Å². The van der Waals surface area contributed by atoms with Gasteiger partial charge in [-0.2, -0.15) is 0 Å². The second-order valence-corrected chi connectivity index (χ2v) is 18.6. The van der Waals surface area contributed by atoms with Crippen LogP contribution in [0.5, 0.6) is 0 Å². The summed E-state index contributed by atoms with van der Waals surface area (Å²) in [4.78, 5) is 132. The number of ketones is 1. The van der Waals surface area contributed by atoms with Crippen LogP contribution in [0.3, 0.4) is 0 Å². The number of hydrogen-bond acceptors (Lipinski definition) is 23. The van der Waals surface area contributed by atoms with Gasteiger partial charge in [-0.1, -0.05) is 71.2 Å². The van der Waals surface area contributed by atoms with E-state index in [4.69, 9.17) is 97.1 Å². The highest BCUT2D eigenvalue weighted by Gasteiger charge is 2.64. The lowest BCUT2D eigenvalue weighted by molar-refractivity contribution is -0.364. The summed E-state index contributed by atoms with van der Waals surface area (Å²) in [5, 5.41) is 11.1. The molecule has 2 fully saturated rings. The third-order valence-corrected chi connectivity index (χ3v) is 11.0. The molecule has 2 aromatic rings. The molecule has 11 atom stereocenters. The molecule has 74 heavy (non-hydrogen) atoms. The number of amides is 1. The van der Waals surface area contributed by atoms with Crippen LogP contribution in [0.2, 0.25) is 0 Å². The maximum absolute atomic E-state index is 14.8. The van der Waals surface area contributed by atoms with E-state index < -0.39 is 156 Å². The molecule has 0 radical (unpaired) electrons. The number of nitrogens with one attached hydrogen (secondary N) is 2. The first-order valence-electron chi connectivity index (χ1n) is 22.3. The fourth-order valence-electron chi connectivity index (χ4n) is 7.49. The van der Waals surface area contributed by atoms with E-state index in [1.807, 2.05) is 0 Å². The number of esters is 8. The lowest BCUT2D eigenvalue weighted by Gasteiger charge is -2.51. The smallest absolute Gasteiger partial charge is 0.366 e. The molecule has 0 aromatic heterocycles. The number of methoxy groups -OCH3 is 1. The predicted octanol–water partition coefficient (Wildman–Crippen LogP) is 3.35. The highest BCUT2D eigenvalue weighted by Crippen LogP contribution is 2.42. The lowest BCUT2D eigenvalue weighted by atomic mass is 9.87. The van der Waals surface area contributed by atoms with Gasteiger partial charge in [0.05, 0.1) is 37.1 Å². The molecule has 0 bridgehead atoms. The molecule has 2 aliphatic heterocycles. The van der Waals surface area contributed by atoms with E-state index in [0.717, 1.165) is 41.7 Å². The minimum absolute atomic E-state index is 0.115. The van der Waals surface area contributed by atoms with Gasteiger partial charge in [0, 0.05) is 41.0 Å². The Labute approximate surface area is 437 Å². The molecule has 24 nitrogen and oxygen atoms in total. The maximum Gasteiger partial charge on any atom is 0.366 e. The van der Waals surface area contributed by atoms with E-state index >= 15 is 0 Å². The Morgan fingerprint density at radius 3 is 1.77 bits per heavy atom. The number of benzene rings is 2. The van der Waals surface area contributed by atoms with Gasteiger partial charge in [0.15, 0.2) is 24.4 Å². The van der Waals surface area contributed by atoms with Crippen molar-refractivity contribution in [1.29, 1.82) is 5.41 Å². The van der Waals surface area contributed by atoms with Gasteiger partial charge < -0.3 is 67.0 Å². The fraction of sp³-hybridized carbons (Fsp3) is 0.511. The van der Waals surface area contributed by atoms with Gasteiger partial charge in [-0.15, -0.1) is 0 Å². The molecular formula is C47H53Cl3N2O22. The number of carbonyl (C=O) groups excluding carboxylic acids is 10. The number of alkyl halides is 3. The molecule has 0 saturated carbocycles. The van der Waals surface area contributed by atoms with Crippen molar-refractivity contribution in [3.63, 3.8) is 0 Å². The predicted molar refractivity (Wildman–Crippen MR) is 250 cm³/mol. The minimum Gasteiger partial charge on any atom is -0.465 e. The zero-order valence-corrected chi connectivity index (χ0v) is 43.0. The van der Waals surface area contributed by atoms with E-state index in [2.05, 4.69) is 5.32 Å². The highest BCUT2D eigenvalue weighted by atomic mass is 35.6. The number of hydrogen-bond donors (Lipinski definition) is 2. The van der Waals surface area contributed by atoms with Crippen LogP contribution in [0.1, 0.15) is 81.5 Å². The molecule has 4 rings (SSSR count). The van der Waals surface area contributed by atoms with Crippen molar-refractivity contribution >= 4 is 100 Å².